The second-order valence-electron chi connectivity index (χ2n) is 3.91. The number of halogens is 1. The van der Waals surface area contributed by atoms with Gasteiger partial charge in [-0.15, -0.1) is 0 Å². The third-order valence-corrected chi connectivity index (χ3v) is 4.45. The normalized spacial score (nSPS) is 27.9. The lowest BCUT2D eigenvalue weighted by molar-refractivity contribution is 0.190. The van der Waals surface area contributed by atoms with Crippen molar-refractivity contribution in [2.45, 2.75) is 12.1 Å². The Hall–Kier alpha value is -0.780. The molecular formula is C10H12ClNO3S. The van der Waals surface area contributed by atoms with Crippen LogP contribution in [-0.2, 0) is 9.84 Å². The molecule has 2 N–H and O–H groups in total. The molecule has 4 nitrogen and oxygen atoms in total. The van der Waals surface area contributed by atoms with Crippen LogP contribution in [0.4, 0.5) is 5.69 Å². The summed E-state index contributed by atoms with van der Waals surface area (Å²) in [5, 5.41) is 13.1. The Labute approximate surface area is 99.2 Å². The Kier molecular flexibility index (Phi) is 3.10. The summed E-state index contributed by atoms with van der Waals surface area (Å²) >= 11 is 5.80. The standard InChI is InChI=1S/C10H12ClNO3S/c11-7-2-1-3-8(4-7)12-9-5-16(14,15)6-10(9)13/h1-4,9-10,12-13H,5-6H2. The van der Waals surface area contributed by atoms with Crippen LogP contribution in [0.5, 0.6) is 0 Å². The number of aliphatic hydroxyl groups is 1. The zero-order valence-corrected chi connectivity index (χ0v) is 10.0. The summed E-state index contributed by atoms with van der Waals surface area (Å²) in [5.41, 5.74) is 0.716. The number of hydrogen-bond donors (Lipinski definition) is 2. The maximum absolute atomic E-state index is 11.3. The second kappa shape index (κ2) is 4.24. The van der Waals surface area contributed by atoms with E-state index in [0.29, 0.717) is 10.7 Å². The molecule has 1 aromatic carbocycles. The van der Waals surface area contributed by atoms with Gasteiger partial charge in [0.1, 0.15) is 0 Å². The van der Waals surface area contributed by atoms with Crippen LogP contribution in [0.1, 0.15) is 0 Å². The van der Waals surface area contributed by atoms with Gasteiger partial charge < -0.3 is 10.4 Å². The van der Waals surface area contributed by atoms with Gasteiger partial charge in [0.15, 0.2) is 9.84 Å². The molecule has 1 aliphatic heterocycles. The van der Waals surface area contributed by atoms with Crippen molar-refractivity contribution in [1.29, 1.82) is 0 Å². The molecule has 2 unspecified atom stereocenters. The third-order valence-electron chi connectivity index (χ3n) is 2.50. The van der Waals surface area contributed by atoms with Gasteiger partial charge in [0.2, 0.25) is 0 Å². The SMILES string of the molecule is O=S1(=O)CC(O)C(Nc2cccc(Cl)c2)C1. The molecule has 1 aromatic rings. The number of nitrogens with one attached hydrogen (secondary N) is 1. The Balaban J connectivity index is 2.11. The molecule has 0 bridgehead atoms. The van der Waals surface area contributed by atoms with E-state index < -0.39 is 22.0 Å². The van der Waals surface area contributed by atoms with Gasteiger partial charge >= 0.3 is 0 Å². The van der Waals surface area contributed by atoms with Crippen LogP contribution in [0, 0.1) is 0 Å². The van der Waals surface area contributed by atoms with Crippen LogP contribution in [-0.4, -0.2) is 37.2 Å². The van der Waals surface area contributed by atoms with E-state index in [0.717, 1.165) is 0 Å². The minimum absolute atomic E-state index is 0.0410. The van der Waals surface area contributed by atoms with E-state index in [2.05, 4.69) is 5.32 Å². The molecule has 0 aromatic heterocycles. The zero-order valence-electron chi connectivity index (χ0n) is 8.43. The molecule has 0 spiro atoms. The van der Waals surface area contributed by atoms with Crippen molar-refractivity contribution < 1.29 is 13.5 Å². The lowest BCUT2D eigenvalue weighted by Gasteiger charge is -2.16. The van der Waals surface area contributed by atoms with Gasteiger partial charge in [-0.2, -0.15) is 0 Å². The maximum atomic E-state index is 11.3. The molecular weight excluding hydrogens is 250 g/mol. The molecule has 88 valence electrons. The van der Waals surface area contributed by atoms with E-state index >= 15 is 0 Å². The van der Waals surface area contributed by atoms with Crippen LogP contribution in [0.3, 0.4) is 0 Å². The quantitative estimate of drug-likeness (QED) is 0.831. The van der Waals surface area contributed by atoms with Crippen molar-refractivity contribution >= 4 is 27.1 Å². The van der Waals surface area contributed by atoms with Crippen LogP contribution in [0.15, 0.2) is 24.3 Å². The van der Waals surface area contributed by atoms with Gasteiger partial charge in [0.25, 0.3) is 0 Å². The second-order valence-corrected chi connectivity index (χ2v) is 6.50. The fourth-order valence-electron chi connectivity index (χ4n) is 1.76. The molecule has 2 atom stereocenters. The molecule has 1 fully saturated rings. The van der Waals surface area contributed by atoms with E-state index in [1.807, 2.05) is 0 Å². The van der Waals surface area contributed by atoms with Crippen LogP contribution in [0.25, 0.3) is 0 Å². The van der Waals surface area contributed by atoms with Gasteiger partial charge in [-0.1, -0.05) is 17.7 Å². The van der Waals surface area contributed by atoms with Gasteiger partial charge in [-0.05, 0) is 18.2 Å². The van der Waals surface area contributed by atoms with Crippen LogP contribution >= 0.6 is 11.6 Å². The Bertz CT molecular complexity index is 489. The number of sulfone groups is 1. The largest absolute Gasteiger partial charge is 0.390 e. The summed E-state index contributed by atoms with van der Waals surface area (Å²) < 4.78 is 22.6. The highest BCUT2D eigenvalue weighted by Crippen LogP contribution is 2.20. The Morgan fingerprint density at radius 1 is 1.38 bits per heavy atom. The molecule has 16 heavy (non-hydrogen) atoms. The zero-order chi connectivity index (χ0) is 11.8. The molecule has 1 saturated heterocycles. The summed E-state index contributed by atoms with van der Waals surface area (Å²) in [6.07, 6.45) is -0.857. The maximum Gasteiger partial charge on any atom is 0.155 e. The molecule has 0 saturated carbocycles. The van der Waals surface area contributed by atoms with Crippen molar-refractivity contribution in [2.75, 3.05) is 16.8 Å². The third kappa shape index (κ3) is 2.66. The number of hydrogen-bond acceptors (Lipinski definition) is 4. The topological polar surface area (TPSA) is 66.4 Å². The van der Waals surface area contributed by atoms with Crippen molar-refractivity contribution in [3.8, 4) is 0 Å². The van der Waals surface area contributed by atoms with Gasteiger partial charge in [0, 0.05) is 10.7 Å². The molecule has 1 aliphatic rings. The summed E-state index contributed by atoms with van der Waals surface area (Å²) in [6, 6.07) is 6.51. The van der Waals surface area contributed by atoms with E-state index in [-0.39, 0.29) is 11.5 Å². The molecule has 2 rings (SSSR count). The minimum atomic E-state index is -3.12. The van der Waals surface area contributed by atoms with Crippen molar-refractivity contribution in [3.63, 3.8) is 0 Å². The summed E-state index contributed by atoms with van der Waals surface area (Å²) in [4.78, 5) is 0. The highest BCUT2D eigenvalue weighted by atomic mass is 35.5. The van der Waals surface area contributed by atoms with Crippen molar-refractivity contribution in [3.05, 3.63) is 29.3 Å². The first-order valence-electron chi connectivity index (χ1n) is 4.87. The Morgan fingerprint density at radius 2 is 2.12 bits per heavy atom. The van der Waals surface area contributed by atoms with Gasteiger partial charge in [-0.3, -0.25) is 0 Å². The predicted molar refractivity (Wildman–Crippen MR) is 63.5 cm³/mol. The summed E-state index contributed by atoms with van der Waals surface area (Å²) in [7, 11) is -3.12. The average Bonchev–Trinajstić information content (AvgIpc) is 2.39. The lowest BCUT2D eigenvalue weighted by atomic mass is 10.2. The highest BCUT2D eigenvalue weighted by molar-refractivity contribution is 7.91. The number of anilines is 1. The number of rotatable bonds is 2. The fourth-order valence-corrected chi connectivity index (χ4v) is 3.69. The van der Waals surface area contributed by atoms with E-state index in [4.69, 9.17) is 11.6 Å². The smallest absolute Gasteiger partial charge is 0.155 e. The molecule has 0 radical (unpaired) electrons. The molecule has 1 heterocycles. The van der Waals surface area contributed by atoms with Crippen molar-refractivity contribution in [2.24, 2.45) is 0 Å². The number of aliphatic hydroxyl groups excluding tert-OH is 1. The average molecular weight is 262 g/mol. The molecule has 0 amide bonds. The fraction of sp³-hybridized carbons (Fsp3) is 0.400. The van der Waals surface area contributed by atoms with Crippen LogP contribution < -0.4 is 5.32 Å². The first-order chi connectivity index (χ1) is 7.46. The monoisotopic (exact) mass is 261 g/mol. The van der Waals surface area contributed by atoms with E-state index in [1.165, 1.54) is 0 Å². The lowest BCUT2D eigenvalue weighted by Crippen LogP contribution is -2.31. The van der Waals surface area contributed by atoms with Crippen molar-refractivity contribution in [1.82, 2.24) is 0 Å². The summed E-state index contributed by atoms with van der Waals surface area (Å²) in [5.74, 6) is -0.216. The molecule has 6 heteroatoms. The van der Waals surface area contributed by atoms with Gasteiger partial charge in [0.05, 0.1) is 23.7 Å². The highest BCUT2D eigenvalue weighted by Gasteiger charge is 2.36. The predicted octanol–water partition coefficient (Wildman–Crippen LogP) is 0.910. The van der Waals surface area contributed by atoms with Gasteiger partial charge in [-0.25, -0.2) is 8.42 Å². The van der Waals surface area contributed by atoms with E-state index in [1.54, 1.807) is 24.3 Å². The Morgan fingerprint density at radius 3 is 2.69 bits per heavy atom. The number of benzene rings is 1. The first-order valence-corrected chi connectivity index (χ1v) is 7.07. The van der Waals surface area contributed by atoms with E-state index in [9.17, 15) is 13.5 Å². The van der Waals surface area contributed by atoms with Crippen LogP contribution in [0.2, 0.25) is 5.02 Å². The summed E-state index contributed by atoms with van der Waals surface area (Å²) in [6.45, 7) is 0. The molecule has 0 aliphatic carbocycles. The minimum Gasteiger partial charge on any atom is -0.390 e. The first kappa shape index (κ1) is 11.7.